The zero-order valence-corrected chi connectivity index (χ0v) is 23.7. The van der Waals surface area contributed by atoms with E-state index in [1.54, 1.807) is 0 Å². The number of aliphatic carboxylic acids is 1. The monoisotopic (exact) mass is 675 g/mol. The second-order valence-corrected chi connectivity index (χ2v) is 12.4. The van der Waals surface area contributed by atoms with E-state index in [-0.39, 0.29) is 17.0 Å². The standard InChI is InChI=1S/C19H27N5O18P2/c20-15-10-16(22-4-21-15)24(5-23-10)17-12(29)11(28)7(39-17)2-37-43(33,34)42-44(35,36)38-3-8-14(13(30)19(32)40-8)41-18(31)6(25)1-9(26)27/h4-8,11-14,17,19,25,28-30,32H,1-3H2,(H,26,27)(H,33,34)(H,35,36)(H2,20,21,22)/t6-,7-,8+,11-,12-,13+,14+,17-,19?/m1/s1. The Bertz CT molecular complexity index is 1460. The van der Waals surface area contributed by atoms with Gasteiger partial charge in [0.25, 0.3) is 0 Å². The first-order valence-electron chi connectivity index (χ1n) is 12.2. The van der Waals surface area contributed by atoms with Crippen molar-refractivity contribution in [1.82, 2.24) is 19.5 Å². The van der Waals surface area contributed by atoms with Gasteiger partial charge in [0.2, 0.25) is 0 Å². The van der Waals surface area contributed by atoms with Crippen LogP contribution >= 0.6 is 15.6 Å². The lowest BCUT2D eigenvalue weighted by atomic mass is 10.1. The van der Waals surface area contributed by atoms with Gasteiger partial charge in [-0.05, 0) is 0 Å². The number of aliphatic hydroxyl groups is 5. The molecule has 23 nitrogen and oxygen atoms in total. The molecular weight excluding hydrogens is 648 g/mol. The van der Waals surface area contributed by atoms with Crippen molar-refractivity contribution in [1.29, 1.82) is 0 Å². The van der Waals surface area contributed by atoms with E-state index >= 15 is 0 Å². The number of carboxylic acid groups (broad SMARTS) is 1. The highest BCUT2D eigenvalue weighted by molar-refractivity contribution is 7.61. The Kier molecular flexibility index (Phi) is 10.3. The SMILES string of the molecule is Nc1ncnc2c1ncn2[C@@H]1O[C@H](COP(=O)(O)OP(=O)(O)OC[C@@H]2OC(O)[C@@H](O)[C@H]2OC(=O)[C@H](O)CC(=O)O)[C@@H](O)[C@H]1O. The molecule has 4 heterocycles. The lowest BCUT2D eigenvalue weighted by Gasteiger charge is -2.23. The third-order valence-corrected chi connectivity index (χ3v) is 8.81. The van der Waals surface area contributed by atoms with Crippen molar-refractivity contribution in [3.63, 3.8) is 0 Å². The van der Waals surface area contributed by atoms with Gasteiger partial charge in [-0.3, -0.25) is 18.4 Å². The van der Waals surface area contributed by atoms with Crippen LogP contribution in [-0.2, 0) is 46.3 Å². The van der Waals surface area contributed by atoms with E-state index in [0.29, 0.717) is 0 Å². The number of aromatic nitrogens is 4. The van der Waals surface area contributed by atoms with Gasteiger partial charge in [-0.1, -0.05) is 0 Å². The Balaban J connectivity index is 1.32. The fourth-order valence-electron chi connectivity index (χ4n) is 4.13. The van der Waals surface area contributed by atoms with Crippen LogP contribution in [0.5, 0.6) is 0 Å². The summed E-state index contributed by atoms with van der Waals surface area (Å²) in [6.45, 7) is -2.09. The number of rotatable bonds is 13. The molecule has 11 atom stereocenters. The molecule has 2 fully saturated rings. The number of carboxylic acids is 1. The largest absolute Gasteiger partial charge is 0.481 e. The van der Waals surface area contributed by atoms with Crippen molar-refractivity contribution < 1.29 is 86.7 Å². The number of anilines is 1. The first kappa shape index (κ1) is 34.1. The molecule has 246 valence electrons. The number of nitrogens with two attached hydrogens (primary N) is 1. The molecule has 44 heavy (non-hydrogen) atoms. The summed E-state index contributed by atoms with van der Waals surface area (Å²) in [5.41, 5.74) is 6.01. The molecule has 25 heteroatoms. The molecule has 0 aromatic carbocycles. The fourth-order valence-corrected chi connectivity index (χ4v) is 6.22. The number of carbonyl (C=O) groups excluding carboxylic acids is 1. The Morgan fingerprint density at radius 1 is 0.977 bits per heavy atom. The van der Waals surface area contributed by atoms with Crippen LogP contribution in [0.25, 0.3) is 11.2 Å². The van der Waals surface area contributed by atoms with Gasteiger partial charge < -0.3 is 60.4 Å². The summed E-state index contributed by atoms with van der Waals surface area (Å²) in [7, 11) is -11.0. The van der Waals surface area contributed by atoms with Gasteiger partial charge in [0, 0.05) is 0 Å². The van der Waals surface area contributed by atoms with Crippen molar-refractivity contribution in [3.8, 4) is 0 Å². The van der Waals surface area contributed by atoms with Crippen molar-refractivity contribution in [3.05, 3.63) is 12.7 Å². The van der Waals surface area contributed by atoms with E-state index in [9.17, 15) is 54.0 Å². The molecule has 2 aliphatic heterocycles. The van der Waals surface area contributed by atoms with Gasteiger partial charge in [-0.15, -0.1) is 0 Å². The smallest absolute Gasteiger partial charge is 0.481 e. The van der Waals surface area contributed by atoms with Crippen LogP contribution in [0.3, 0.4) is 0 Å². The maximum Gasteiger partial charge on any atom is 0.481 e. The van der Waals surface area contributed by atoms with E-state index in [1.807, 2.05) is 0 Å². The topological polar surface area (TPSA) is 355 Å². The van der Waals surface area contributed by atoms with Crippen LogP contribution in [0.1, 0.15) is 12.6 Å². The minimum absolute atomic E-state index is 0.0219. The minimum Gasteiger partial charge on any atom is -0.481 e. The predicted octanol–water partition coefficient (Wildman–Crippen LogP) is -3.90. The highest BCUT2D eigenvalue weighted by atomic mass is 31.3. The van der Waals surface area contributed by atoms with Crippen LogP contribution in [0, 0.1) is 0 Å². The number of esters is 1. The number of fused-ring (bicyclic) bond motifs is 1. The summed E-state index contributed by atoms with van der Waals surface area (Å²) in [5.74, 6) is -3.09. The van der Waals surface area contributed by atoms with Gasteiger partial charge in [-0.2, -0.15) is 4.31 Å². The Labute approximate surface area is 244 Å². The molecule has 0 spiro atoms. The molecule has 4 rings (SSSR count). The summed E-state index contributed by atoms with van der Waals surface area (Å²) in [6, 6.07) is 0. The summed E-state index contributed by atoms with van der Waals surface area (Å²) in [6.07, 6.45) is -14.7. The molecular formula is C19H27N5O18P2. The number of aliphatic hydroxyl groups excluding tert-OH is 5. The lowest BCUT2D eigenvalue weighted by molar-refractivity contribution is -0.169. The number of imidazole rings is 1. The molecule has 0 aliphatic carbocycles. The van der Waals surface area contributed by atoms with E-state index in [4.69, 9.17) is 25.1 Å². The van der Waals surface area contributed by atoms with E-state index in [0.717, 1.165) is 6.33 Å². The van der Waals surface area contributed by atoms with Crippen molar-refractivity contribution in [2.45, 2.75) is 61.7 Å². The minimum atomic E-state index is -5.52. The second kappa shape index (κ2) is 13.3. The molecule has 0 bridgehead atoms. The zero-order chi connectivity index (χ0) is 32.6. The second-order valence-electron chi connectivity index (χ2n) is 9.31. The number of hydrogen-bond donors (Lipinski definition) is 9. The quantitative estimate of drug-likeness (QED) is 0.0723. The molecule has 0 radical (unpaired) electrons. The van der Waals surface area contributed by atoms with Gasteiger partial charge in [0.1, 0.15) is 42.4 Å². The number of hydrogen-bond acceptors (Lipinski definition) is 19. The van der Waals surface area contributed by atoms with Crippen LogP contribution in [0.2, 0.25) is 0 Å². The number of carbonyl (C=O) groups is 2. The summed E-state index contributed by atoms with van der Waals surface area (Å²) < 4.78 is 54.3. The van der Waals surface area contributed by atoms with Gasteiger partial charge in [-0.25, -0.2) is 28.9 Å². The molecule has 10 N–H and O–H groups in total. The predicted molar refractivity (Wildman–Crippen MR) is 133 cm³/mol. The number of phosphoric acid groups is 2. The fraction of sp³-hybridized carbons (Fsp3) is 0.632. The maximum atomic E-state index is 12.4. The molecule has 2 aliphatic rings. The number of nitrogens with zero attached hydrogens (tertiary/aromatic N) is 4. The molecule has 3 unspecified atom stereocenters. The third kappa shape index (κ3) is 7.73. The average molecular weight is 675 g/mol. The van der Waals surface area contributed by atoms with Crippen molar-refractivity contribution in [2.75, 3.05) is 18.9 Å². The Morgan fingerprint density at radius 3 is 2.25 bits per heavy atom. The molecule has 0 amide bonds. The maximum absolute atomic E-state index is 12.4. The van der Waals surface area contributed by atoms with Gasteiger partial charge in [0.05, 0.1) is 26.0 Å². The summed E-state index contributed by atoms with van der Waals surface area (Å²) in [5, 5.41) is 58.7. The number of ether oxygens (including phenoxy) is 3. The van der Waals surface area contributed by atoms with Gasteiger partial charge >= 0.3 is 27.6 Å². The van der Waals surface area contributed by atoms with Crippen molar-refractivity contribution >= 4 is 44.6 Å². The van der Waals surface area contributed by atoms with E-state index in [2.05, 4.69) is 28.3 Å². The Morgan fingerprint density at radius 2 is 1.61 bits per heavy atom. The number of phosphoric ester groups is 2. The van der Waals surface area contributed by atoms with Crippen LogP contribution in [0.4, 0.5) is 5.82 Å². The molecule has 2 aromatic heterocycles. The van der Waals surface area contributed by atoms with Crippen LogP contribution in [-0.4, -0.2) is 134 Å². The third-order valence-electron chi connectivity index (χ3n) is 6.21. The van der Waals surface area contributed by atoms with E-state index in [1.165, 1.54) is 10.9 Å². The molecule has 2 saturated heterocycles. The zero-order valence-electron chi connectivity index (χ0n) is 21.9. The first-order valence-corrected chi connectivity index (χ1v) is 15.2. The van der Waals surface area contributed by atoms with Gasteiger partial charge in [0.15, 0.2) is 36.2 Å². The summed E-state index contributed by atoms with van der Waals surface area (Å²) >= 11 is 0. The highest BCUT2D eigenvalue weighted by Crippen LogP contribution is 2.60. The highest BCUT2D eigenvalue weighted by Gasteiger charge is 2.49. The lowest BCUT2D eigenvalue weighted by Crippen LogP contribution is -2.41. The molecule has 2 aromatic rings. The molecule has 0 saturated carbocycles. The van der Waals surface area contributed by atoms with E-state index < -0.39 is 102 Å². The normalized spacial score (nSPS) is 32.2. The average Bonchev–Trinajstić information content (AvgIpc) is 3.56. The number of nitrogen functional groups attached to an aromatic ring is 1. The first-order chi connectivity index (χ1) is 20.5. The van der Waals surface area contributed by atoms with Crippen molar-refractivity contribution in [2.24, 2.45) is 0 Å². The Hall–Kier alpha value is -2.73. The summed E-state index contributed by atoms with van der Waals surface area (Å²) in [4.78, 5) is 54.2. The van der Waals surface area contributed by atoms with Crippen LogP contribution < -0.4 is 5.73 Å². The van der Waals surface area contributed by atoms with Crippen LogP contribution in [0.15, 0.2) is 12.7 Å².